The van der Waals surface area contributed by atoms with E-state index in [1.54, 1.807) is 9.58 Å². The molecule has 1 aliphatic carbocycles. The van der Waals surface area contributed by atoms with Gasteiger partial charge in [0.05, 0.1) is 40.5 Å². The Hall–Kier alpha value is -2.52. The number of rotatable bonds is 9. The van der Waals surface area contributed by atoms with Gasteiger partial charge in [0.1, 0.15) is 5.82 Å². The molecule has 28 heavy (non-hydrogen) atoms. The van der Waals surface area contributed by atoms with Crippen LogP contribution in [0.25, 0.3) is 0 Å². The van der Waals surface area contributed by atoms with Crippen LogP contribution in [0.2, 0.25) is 0 Å². The molecule has 1 fully saturated rings. The van der Waals surface area contributed by atoms with Gasteiger partial charge in [0.25, 0.3) is 0 Å². The van der Waals surface area contributed by atoms with Crippen molar-refractivity contribution in [2.75, 3.05) is 27.3 Å². The van der Waals surface area contributed by atoms with Gasteiger partial charge >= 0.3 is 11.9 Å². The van der Waals surface area contributed by atoms with Crippen molar-refractivity contribution in [2.24, 2.45) is 0 Å². The van der Waals surface area contributed by atoms with Gasteiger partial charge in [0.2, 0.25) is 0 Å². The molecule has 9 heteroatoms. The third-order valence-corrected chi connectivity index (χ3v) is 5.00. The van der Waals surface area contributed by atoms with Crippen molar-refractivity contribution in [1.29, 1.82) is 0 Å². The molecule has 1 aromatic carbocycles. The van der Waals surface area contributed by atoms with E-state index in [1.807, 2.05) is 22.8 Å². The molecule has 0 bridgehead atoms. The third-order valence-electron chi connectivity index (χ3n) is 4.57. The Kier molecular flexibility index (Phi) is 6.58. The lowest BCUT2D eigenvalue weighted by atomic mass is 10.2. The van der Waals surface area contributed by atoms with E-state index >= 15 is 0 Å². The number of hydrogen-bond acceptors (Lipinski definition) is 7. The fourth-order valence-electron chi connectivity index (χ4n) is 2.95. The van der Waals surface area contributed by atoms with E-state index < -0.39 is 11.9 Å². The summed E-state index contributed by atoms with van der Waals surface area (Å²) in [4.78, 5) is 25.0. The number of ether oxygens (including phenoxy) is 2. The van der Waals surface area contributed by atoms with Crippen molar-refractivity contribution >= 4 is 24.2 Å². The quantitative estimate of drug-likeness (QED) is 0.467. The van der Waals surface area contributed by atoms with E-state index in [2.05, 4.69) is 12.1 Å². The average Bonchev–Trinajstić information content (AvgIpc) is 3.50. The van der Waals surface area contributed by atoms with E-state index in [-0.39, 0.29) is 19.8 Å². The van der Waals surface area contributed by atoms with Crippen LogP contribution in [0.5, 0.6) is 0 Å². The van der Waals surface area contributed by atoms with Gasteiger partial charge in [-0.05, 0) is 30.6 Å². The Morgan fingerprint density at radius 2 is 1.75 bits per heavy atom. The molecular formula is C19H24N4O4S. The number of carbonyl (C=O) groups is 2. The zero-order valence-electron chi connectivity index (χ0n) is 16.0. The van der Waals surface area contributed by atoms with Gasteiger partial charge in [-0.15, -0.1) is 0 Å². The highest BCUT2D eigenvalue weighted by Gasteiger charge is 2.30. The molecule has 150 valence electrons. The van der Waals surface area contributed by atoms with Crippen molar-refractivity contribution in [3.63, 3.8) is 0 Å². The molecule has 1 saturated carbocycles. The summed E-state index contributed by atoms with van der Waals surface area (Å²) in [6, 6.07) is 10.1. The normalized spacial score (nSPS) is 13.5. The van der Waals surface area contributed by atoms with E-state index in [9.17, 15) is 9.59 Å². The lowest BCUT2D eigenvalue weighted by Gasteiger charge is -2.19. The summed E-state index contributed by atoms with van der Waals surface area (Å²) in [5.41, 5.74) is 1.14. The summed E-state index contributed by atoms with van der Waals surface area (Å²) < 4.78 is 13.7. The van der Waals surface area contributed by atoms with Crippen LogP contribution in [0.1, 0.15) is 30.1 Å². The molecule has 2 aromatic rings. The highest BCUT2D eigenvalue weighted by molar-refractivity contribution is 7.71. The predicted octanol–water partition coefficient (Wildman–Crippen LogP) is 1.95. The maximum atomic E-state index is 11.7. The molecule has 0 radical (unpaired) electrons. The number of benzene rings is 1. The molecule has 1 aliphatic rings. The first-order chi connectivity index (χ1) is 13.5. The minimum absolute atomic E-state index is 0.0579. The van der Waals surface area contributed by atoms with Crippen molar-refractivity contribution in [3.05, 3.63) is 46.5 Å². The molecule has 0 aliphatic heterocycles. The smallest absolute Gasteiger partial charge is 0.319 e. The van der Waals surface area contributed by atoms with E-state index in [0.29, 0.717) is 17.2 Å². The number of carbonyl (C=O) groups excluding carboxylic acids is 2. The first kappa shape index (κ1) is 20.2. The molecule has 1 heterocycles. The van der Waals surface area contributed by atoms with Gasteiger partial charge < -0.3 is 9.47 Å². The Morgan fingerprint density at radius 1 is 1.14 bits per heavy atom. The Morgan fingerprint density at radius 3 is 2.29 bits per heavy atom. The molecule has 0 atom stereocenters. The van der Waals surface area contributed by atoms with Gasteiger partial charge in [0.15, 0.2) is 4.77 Å². The summed E-state index contributed by atoms with van der Waals surface area (Å²) in [6.45, 7) is 0.722. The van der Waals surface area contributed by atoms with E-state index in [4.69, 9.17) is 26.8 Å². The molecule has 0 spiro atoms. The van der Waals surface area contributed by atoms with E-state index in [0.717, 1.165) is 24.2 Å². The maximum Gasteiger partial charge on any atom is 0.319 e. The molecule has 1 aromatic heterocycles. The summed E-state index contributed by atoms with van der Waals surface area (Å²) in [6.07, 6.45) is 2.18. The topological polar surface area (TPSA) is 78.6 Å². The molecule has 0 saturated heterocycles. The first-order valence-electron chi connectivity index (χ1n) is 9.09. The van der Waals surface area contributed by atoms with Gasteiger partial charge in [-0.25, -0.2) is 4.68 Å². The van der Waals surface area contributed by atoms with Crippen molar-refractivity contribution in [3.8, 4) is 0 Å². The third kappa shape index (κ3) is 5.05. The zero-order valence-corrected chi connectivity index (χ0v) is 16.9. The molecule has 3 rings (SSSR count). The fraction of sp³-hybridized carbons (Fsp3) is 0.474. The number of nitrogens with zero attached hydrogens (tertiary/aromatic N) is 4. The second kappa shape index (κ2) is 9.11. The number of esters is 2. The van der Waals surface area contributed by atoms with Gasteiger partial charge in [-0.2, -0.15) is 5.10 Å². The largest absolute Gasteiger partial charge is 0.468 e. The minimum atomic E-state index is -0.443. The molecule has 0 N–H and O–H groups in total. The second-order valence-electron chi connectivity index (χ2n) is 6.77. The van der Waals surface area contributed by atoms with Crippen LogP contribution in [0, 0.1) is 4.77 Å². The highest BCUT2D eigenvalue weighted by atomic mass is 32.1. The van der Waals surface area contributed by atoms with Crippen LogP contribution >= 0.6 is 12.2 Å². The Balaban J connectivity index is 1.85. The second-order valence-corrected chi connectivity index (χ2v) is 7.13. The zero-order chi connectivity index (χ0) is 20.1. The first-order valence-corrected chi connectivity index (χ1v) is 9.50. The Labute approximate surface area is 168 Å². The van der Waals surface area contributed by atoms with Crippen LogP contribution in [-0.4, -0.2) is 58.5 Å². The fourth-order valence-corrected chi connectivity index (χ4v) is 3.20. The Bertz CT molecular complexity index is 871. The molecular weight excluding hydrogens is 380 g/mol. The number of methoxy groups -OCH3 is 2. The number of aromatic nitrogens is 3. The molecule has 8 nitrogen and oxygen atoms in total. The monoisotopic (exact) mass is 404 g/mol. The van der Waals surface area contributed by atoms with Crippen LogP contribution in [-0.2, 0) is 32.3 Å². The van der Waals surface area contributed by atoms with Crippen molar-refractivity contribution in [1.82, 2.24) is 19.2 Å². The summed E-state index contributed by atoms with van der Waals surface area (Å²) >= 11 is 5.67. The van der Waals surface area contributed by atoms with Gasteiger partial charge in [0, 0.05) is 5.92 Å². The molecule has 0 unspecified atom stereocenters. The SMILES string of the molecule is COC(=O)CN(CC(=O)OC)Cn1nc(C2CC2)n(Cc2ccccc2)c1=S. The summed E-state index contributed by atoms with van der Waals surface area (Å²) in [7, 11) is 2.62. The predicted molar refractivity (Wildman–Crippen MR) is 104 cm³/mol. The summed E-state index contributed by atoms with van der Waals surface area (Å²) in [5.74, 6) is 0.467. The molecule has 0 amide bonds. The van der Waals surface area contributed by atoms with Crippen molar-refractivity contribution < 1.29 is 19.1 Å². The minimum Gasteiger partial charge on any atom is -0.468 e. The van der Waals surface area contributed by atoms with E-state index in [1.165, 1.54) is 14.2 Å². The highest BCUT2D eigenvalue weighted by Crippen LogP contribution is 2.39. The van der Waals surface area contributed by atoms with Crippen LogP contribution in [0.15, 0.2) is 30.3 Å². The number of hydrogen-bond donors (Lipinski definition) is 0. The van der Waals surface area contributed by atoms with Crippen LogP contribution in [0.3, 0.4) is 0 Å². The summed E-state index contributed by atoms with van der Waals surface area (Å²) in [5, 5.41) is 4.70. The lowest BCUT2D eigenvalue weighted by molar-refractivity contribution is -0.146. The van der Waals surface area contributed by atoms with Gasteiger partial charge in [-0.3, -0.25) is 19.1 Å². The average molecular weight is 404 g/mol. The lowest BCUT2D eigenvalue weighted by Crippen LogP contribution is -2.37. The van der Waals surface area contributed by atoms with Gasteiger partial charge in [-0.1, -0.05) is 30.3 Å². The van der Waals surface area contributed by atoms with Crippen LogP contribution in [0.4, 0.5) is 0 Å². The van der Waals surface area contributed by atoms with Crippen LogP contribution < -0.4 is 0 Å². The van der Waals surface area contributed by atoms with Crippen molar-refractivity contribution in [2.45, 2.75) is 32.0 Å². The standard InChI is InChI=1S/C19H24N4O4S/c1-26-16(24)11-21(12-17(25)27-2)13-23-19(28)22(18(20-23)15-8-9-15)10-14-6-4-3-5-7-14/h3-7,15H,8-13H2,1-2H3. The maximum absolute atomic E-state index is 11.7.